The molecular formula is C21H22F4N2O10. The zero-order chi connectivity index (χ0) is 28.2. The number of nitrogens with one attached hydrogen (secondary N) is 1. The summed E-state index contributed by atoms with van der Waals surface area (Å²) >= 11 is 0. The Labute approximate surface area is 206 Å². The second kappa shape index (κ2) is 11.9. The summed E-state index contributed by atoms with van der Waals surface area (Å²) < 4.78 is 82.1. The van der Waals surface area contributed by atoms with E-state index in [2.05, 4.69) is 0 Å². The van der Waals surface area contributed by atoms with Crippen LogP contribution in [-0.2, 0) is 42.9 Å². The highest BCUT2D eigenvalue weighted by Crippen LogP contribution is 2.30. The first kappa shape index (κ1) is 29.3. The Balaban J connectivity index is 2.59. The summed E-state index contributed by atoms with van der Waals surface area (Å²) in [6, 6.07) is -1.87. The number of benzene rings is 1. The molecule has 5 atom stereocenters. The second-order valence-corrected chi connectivity index (χ2v) is 7.65. The Morgan fingerprint density at radius 2 is 1.27 bits per heavy atom. The zero-order valence-electron chi connectivity index (χ0n) is 19.8. The van der Waals surface area contributed by atoms with Gasteiger partial charge in [0.25, 0.3) is 5.91 Å². The van der Waals surface area contributed by atoms with Crippen molar-refractivity contribution in [2.24, 2.45) is 0 Å². The van der Waals surface area contributed by atoms with E-state index in [-0.39, 0.29) is 0 Å². The molecule has 1 aliphatic rings. The first-order valence-corrected chi connectivity index (χ1v) is 10.4. The molecule has 1 aromatic rings. The van der Waals surface area contributed by atoms with Crippen molar-refractivity contribution in [3.05, 3.63) is 28.8 Å². The molecule has 1 heterocycles. The zero-order valence-corrected chi connectivity index (χ0v) is 19.8. The van der Waals surface area contributed by atoms with E-state index in [0.29, 0.717) is 0 Å². The molecule has 0 radical (unpaired) electrons. The summed E-state index contributed by atoms with van der Waals surface area (Å²) in [4.78, 5) is 59.3. The summed E-state index contributed by atoms with van der Waals surface area (Å²) in [7, 11) is 0. The molecule has 0 saturated carbocycles. The van der Waals surface area contributed by atoms with Gasteiger partial charge in [0, 0.05) is 27.7 Å². The van der Waals surface area contributed by atoms with Gasteiger partial charge in [-0.3, -0.25) is 24.0 Å². The topological polar surface area (TPSA) is 170 Å². The molecule has 37 heavy (non-hydrogen) atoms. The molecule has 1 aliphatic heterocycles. The quantitative estimate of drug-likeness (QED) is 0.164. The first-order valence-electron chi connectivity index (χ1n) is 10.4. The molecule has 0 bridgehead atoms. The highest BCUT2D eigenvalue weighted by molar-refractivity contribution is 5.95. The van der Waals surface area contributed by atoms with E-state index < -0.39 is 102 Å². The average Bonchev–Trinajstić information content (AvgIpc) is 2.78. The molecule has 1 aromatic carbocycles. The lowest BCUT2D eigenvalue weighted by Crippen LogP contribution is -2.67. The largest absolute Gasteiger partial charge is 0.463 e. The van der Waals surface area contributed by atoms with Crippen LogP contribution in [0.3, 0.4) is 0 Å². The van der Waals surface area contributed by atoms with Crippen LogP contribution in [-0.4, -0.2) is 67.0 Å². The number of anilines is 1. The summed E-state index contributed by atoms with van der Waals surface area (Å²) in [5.74, 6) is -14.0. The van der Waals surface area contributed by atoms with Gasteiger partial charge in [0.15, 0.2) is 35.5 Å². The van der Waals surface area contributed by atoms with E-state index in [1.807, 2.05) is 5.32 Å². The van der Waals surface area contributed by atoms with Crippen molar-refractivity contribution in [1.82, 2.24) is 5.32 Å². The summed E-state index contributed by atoms with van der Waals surface area (Å²) in [6.07, 6.45) is -6.80. The third-order valence-electron chi connectivity index (χ3n) is 4.81. The highest BCUT2D eigenvalue weighted by atomic mass is 19.2. The van der Waals surface area contributed by atoms with Crippen LogP contribution in [0.1, 0.15) is 38.1 Å². The minimum atomic E-state index is -2.15. The fourth-order valence-corrected chi connectivity index (χ4v) is 3.39. The smallest absolute Gasteiger partial charge is 0.305 e. The van der Waals surface area contributed by atoms with Crippen LogP contribution in [0.4, 0.5) is 23.2 Å². The van der Waals surface area contributed by atoms with Gasteiger partial charge < -0.3 is 34.7 Å². The molecular weight excluding hydrogens is 516 g/mol. The third kappa shape index (κ3) is 6.84. The Bertz CT molecular complexity index is 1090. The number of hydrogen-bond acceptors (Lipinski definition) is 11. The molecule has 0 spiro atoms. The Morgan fingerprint density at radius 1 is 0.784 bits per heavy atom. The number of halogens is 4. The highest BCUT2D eigenvalue weighted by Gasteiger charge is 2.52. The lowest BCUT2D eigenvalue weighted by molar-refractivity contribution is -0.270. The Morgan fingerprint density at radius 3 is 1.73 bits per heavy atom. The van der Waals surface area contributed by atoms with E-state index in [0.717, 1.165) is 27.7 Å². The molecule has 0 unspecified atom stereocenters. The first-order chi connectivity index (χ1) is 17.1. The van der Waals surface area contributed by atoms with Crippen LogP contribution in [0.2, 0.25) is 0 Å². The number of esters is 4. The predicted octanol–water partition coefficient (Wildman–Crippen LogP) is 0.638. The Kier molecular flexibility index (Phi) is 9.38. The van der Waals surface area contributed by atoms with Gasteiger partial charge >= 0.3 is 23.9 Å². The lowest BCUT2D eigenvalue weighted by Gasteiger charge is -2.44. The van der Waals surface area contributed by atoms with Crippen molar-refractivity contribution in [2.45, 2.75) is 58.3 Å². The van der Waals surface area contributed by atoms with Gasteiger partial charge in [0.2, 0.25) is 6.29 Å². The van der Waals surface area contributed by atoms with Crippen molar-refractivity contribution in [3.63, 3.8) is 0 Å². The van der Waals surface area contributed by atoms with Gasteiger partial charge in [-0.25, -0.2) is 17.6 Å². The van der Waals surface area contributed by atoms with Crippen molar-refractivity contribution in [1.29, 1.82) is 0 Å². The number of ether oxygens (including phenoxy) is 5. The van der Waals surface area contributed by atoms with E-state index in [4.69, 9.17) is 29.4 Å². The van der Waals surface area contributed by atoms with Crippen LogP contribution in [0.15, 0.2) is 0 Å². The van der Waals surface area contributed by atoms with Gasteiger partial charge in [-0.15, -0.1) is 0 Å². The van der Waals surface area contributed by atoms with Gasteiger partial charge in [-0.1, -0.05) is 0 Å². The maximum Gasteiger partial charge on any atom is 0.305 e. The number of carbonyl (C=O) groups is 5. The maximum atomic E-state index is 14.4. The fraction of sp³-hybridized carbons (Fsp3) is 0.476. The van der Waals surface area contributed by atoms with Crippen molar-refractivity contribution < 1.29 is 65.2 Å². The number of nitrogen functional groups attached to an aromatic ring is 1. The number of carbonyl (C=O) groups excluding carboxylic acids is 5. The number of hydrogen-bond donors (Lipinski definition) is 2. The number of amides is 1. The molecule has 2 rings (SSSR count). The van der Waals surface area contributed by atoms with E-state index >= 15 is 0 Å². The normalized spacial score (nSPS) is 23.0. The van der Waals surface area contributed by atoms with Gasteiger partial charge in [0.1, 0.15) is 30.0 Å². The average molecular weight is 538 g/mol. The minimum absolute atomic E-state index is 0.624. The van der Waals surface area contributed by atoms with Crippen molar-refractivity contribution >= 4 is 35.5 Å². The van der Waals surface area contributed by atoms with Gasteiger partial charge in [-0.05, 0) is 0 Å². The lowest BCUT2D eigenvalue weighted by atomic mass is 9.95. The minimum Gasteiger partial charge on any atom is -0.463 e. The van der Waals surface area contributed by atoms with Crippen LogP contribution in [0.25, 0.3) is 0 Å². The SMILES string of the molecule is CC(=O)OC[C@H]1O[C@H](OC(C)=O)[C@@H](NC(=O)c2c(F)c(F)c(N)c(F)c2F)[C@@H](OC(C)=O)[C@@H]1OC(C)=O. The van der Waals surface area contributed by atoms with Crippen LogP contribution < -0.4 is 11.1 Å². The monoisotopic (exact) mass is 538 g/mol. The number of nitrogens with two attached hydrogens (primary N) is 1. The van der Waals surface area contributed by atoms with Crippen LogP contribution >= 0.6 is 0 Å². The number of rotatable bonds is 7. The van der Waals surface area contributed by atoms with Gasteiger partial charge in [-0.2, -0.15) is 0 Å². The van der Waals surface area contributed by atoms with Gasteiger partial charge in [0.05, 0.1) is 0 Å². The van der Waals surface area contributed by atoms with E-state index in [1.165, 1.54) is 0 Å². The van der Waals surface area contributed by atoms with Crippen molar-refractivity contribution in [2.75, 3.05) is 12.3 Å². The van der Waals surface area contributed by atoms with Crippen LogP contribution in [0.5, 0.6) is 0 Å². The van der Waals surface area contributed by atoms with Crippen molar-refractivity contribution in [3.8, 4) is 0 Å². The van der Waals surface area contributed by atoms with E-state index in [9.17, 15) is 41.5 Å². The summed E-state index contributed by atoms with van der Waals surface area (Å²) in [6.45, 7) is 3.18. The molecule has 1 saturated heterocycles. The van der Waals surface area contributed by atoms with Crippen LogP contribution in [0, 0.1) is 23.3 Å². The third-order valence-corrected chi connectivity index (χ3v) is 4.81. The Hall–Kier alpha value is -3.95. The summed E-state index contributed by atoms with van der Waals surface area (Å²) in [5.41, 5.74) is 1.67. The molecule has 0 aromatic heterocycles. The maximum absolute atomic E-state index is 14.4. The molecule has 1 fully saturated rings. The fourth-order valence-electron chi connectivity index (χ4n) is 3.39. The standard InChI is InChI=1S/C21H22F4N2O10/c1-6(28)33-5-10-18(34-7(2)29)19(35-8(3)30)17(21(37-10)36-9(4)31)27-20(32)11-12(22)14(24)16(26)15(25)13(11)23/h10,17-19,21H,5,26H2,1-4H3,(H,27,32)/t10-,17+,18-,19-,21+/m1/s1. The second-order valence-electron chi connectivity index (χ2n) is 7.65. The molecule has 12 nitrogen and oxygen atoms in total. The molecule has 0 aliphatic carbocycles. The molecule has 204 valence electrons. The molecule has 16 heteroatoms. The summed E-state index contributed by atoms with van der Waals surface area (Å²) in [5, 5.41) is 1.92. The molecule has 1 amide bonds. The molecule has 3 N–H and O–H groups in total. The predicted molar refractivity (Wildman–Crippen MR) is 110 cm³/mol. The van der Waals surface area contributed by atoms with E-state index in [1.54, 1.807) is 0 Å².